The molecule has 0 aliphatic carbocycles. The summed E-state index contributed by atoms with van der Waals surface area (Å²) in [5, 5.41) is 5.23. The van der Waals surface area contributed by atoms with Crippen LogP contribution in [0.4, 0.5) is 0 Å². The number of nitrogens with two attached hydrogens (primary N) is 1. The minimum Gasteiger partial charge on any atom is -0.496 e. The van der Waals surface area contributed by atoms with E-state index in [-0.39, 0.29) is 43.2 Å². The summed E-state index contributed by atoms with van der Waals surface area (Å²) in [6.45, 7) is 3.75. The quantitative estimate of drug-likeness (QED) is 0.577. The van der Waals surface area contributed by atoms with Crippen molar-refractivity contribution in [3.8, 4) is 17.2 Å². The van der Waals surface area contributed by atoms with Crippen molar-refractivity contribution in [1.82, 2.24) is 10.6 Å². The van der Waals surface area contributed by atoms with Crippen LogP contribution in [0, 0.1) is 5.92 Å². The maximum absolute atomic E-state index is 11.9. The Balaban J connectivity index is 0.00000625. The Morgan fingerprint density at radius 3 is 2.04 bits per heavy atom. The Bertz CT molecular complexity index is 610. The van der Waals surface area contributed by atoms with Gasteiger partial charge in [-0.05, 0) is 12.0 Å². The number of hydrogen-bond acceptors (Lipinski definition) is 6. The number of benzene rings is 1. The Labute approximate surface area is 160 Å². The van der Waals surface area contributed by atoms with E-state index in [1.807, 2.05) is 13.8 Å². The van der Waals surface area contributed by atoms with Crippen molar-refractivity contribution in [3.63, 3.8) is 0 Å². The second-order valence-electron chi connectivity index (χ2n) is 5.78. The minimum absolute atomic E-state index is 0. The van der Waals surface area contributed by atoms with Crippen LogP contribution in [0.25, 0.3) is 0 Å². The molecule has 9 heteroatoms. The first-order valence-corrected chi connectivity index (χ1v) is 7.92. The zero-order valence-electron chi connectivity index (χ0n) is 15.8. The van der Waals surface area contributed by atoms with Crippen LogP contribution in [0.15, 0.2) is 12.1 Å². The lowest BCUT2D eigenvalue weighted by Crippen LogP contribution is -2.47. The Morgan fingerprint density at radius 2 is 1.54 bits per heavy atom. The molecule has 0 radical (unpaired) electrons. The van der Waals surface area contributed by atoms with Gasteiger partial charge in [0, 0.05) is 18.2 Å². The number of methoxy groups -OCH3 is 3. The predicted octanol–water partition coefficient (Wildman–Crippen LogP) is 0.850. The van der Waals surface area contributed by atoms with Gasteiger partial charge in [-0.15, -0.1) is 12.4 Å². The molecule has 8 nitrogen and oxygen atoms in total. The second-order valence-corrected chi connectivity index (χ2v) is 5.78. The first kappa shape index (κ1) is 23.8. The number of halogens is 1. The molecule has 0 saturated heterocycles. The largest absolute Gasteiger partial charge is 0.496 e. The van der Waals surface area contributed by atoms with E-state index in [0.717, 1.165) is 5.56 Å². The molecule has 1 aromatic rings. The van der Waals surface area contributed by atoms with Gasteiger partial charge in [-0.2, -0.15) is 0 Å². The van der Waals surface area contributed by atoms with Crippen molar-refractivity contribution < 1.29 is 23.8 Å². The molecule has 0 bridgehead atoms. The lowest BCUT2D eigenvalue weighted by Gasteiger charge is -2.16. The second kappa shape index (κ2) is 11.4. The van der Waals surface area contributed by atoms with Gasteiger partial charge in [0.15, 0.2) is 11.5 Å². The van der Waals surface area contributed by atoms with Gasteiger partial charge in [0.05, 0.1) is 33.9 Å². The lowest BCUT2D eigenvalue weighted by atomic mass is 10.1. The molecule has 1 rings (SSSR count). The van der Waals surface area contributed by atoms with Crippen LogP contribution in [0.5, 0.6) is 17.2 Å². The summed E-state index contributed by atoms with van der Waals surface area (Å²) in [4.78, 5) is 23.7. The number of carbonyl (C=O) groups excluding carboxylic acids is 2. The molecule has 0 spiro atoms. The highest BCUT2D eigenvalue weighted by atomic mass is 35.5. The van der Waals surface area contributed by atoms with Gasteiger partial charge in [-0.1, -0.05) is 13.8 Å². The molecule has 0 aromatic heterocycles. The first-order chi connectivity index (χ1) is 11.8. The van der Waals surface area contributed by atoms with Gasteiger partial charge in [0.25, 0.3) is 0 Å². The van der Waals surface area contributed by atoms with Gasteiger partial charge < -0.3 is 30.6 Å². The molecule has 0 aliphatic rings. The number of carbonyl (C=O) groups is 2. The van der Waals surface area contributed by atoms with Crippen molar-refractivity contribution in [1.29, 1.82) is 0 Å². The van der Waals surface area contributed by atoms with E-state index in [2.05, 4.69) is 10.6 Å². The van der Waals surface area contributed by atoms with E-state index in [1.165, 1.54) is 21.3 Å². The zero-order chi connectivity index (χ0) is 19.0. The summed E-state index contributed by atoms with van der Waals surface area (Å²) >= 11 is 0. The van der Waals surface area contributed by atoms with E-state index in [1.54, 1.807) is 12.1 Å². The highest BCUT2D eigenvalue weighted by Gasteiger charge is 2.18. The summed E-state index contributed by atoms with van der Waals surface area (Å²) in [5.74, 6) is 0.936. The van der Waals surface area contributed by atoms with Crippen molar-refractivity contribution >= 4 is 24.2 Å². The molecular weight excluding hydrogens is 362 g/mol. The highest BCUT2D eigenvalue weighted by Crippen LogP contribution is 2.34. The van der Waals surface area contributed by atoms with Gasteiger partial charge in [-0.3, -0.25) is 9.59 Å². The van der Waals surface area contributed by atoms with Crippen LogP contribution in [0.2, 0.25) is 0 Å². The average molecular weight is 390 g/mol. The first-order valence-electron chi connectivity index (χ1n) is 7.92. The summed E-state index contributed by atoms with van der Waals surface area (Å²) in [7, 11) is 4.59. The van der Waals surface area contributed by atoms with Crippen LogP contribution in [-0.2, 0) is 16.1 Å². The predicted molar refractivity (Wildman–Crippen MR) is 101 cm³/mol. The standard InChI is InChI=1S/C17H27N3O5.ClH/c1-10(2)16(18)17(22)20-9-15(21)19-8-11-6-13(24-4)14(25-5)7-12(11)23-3;/h6-7,10,16H,8-9,18H2,1-5H3,(H,19,21)(H,20,22);1H/t16-;/m0./s1. The highest BCUT2D eigenvalue weighted by molar-refractivity contribution is 5.87. The third-order valence-corrected chi connectivity index (χ3v) is 3.71. The van der Waals surface area contributed by atoms with Crippen LogP contribution in [-0.4, -0.2) is 45.7 Å². The molecule has 0 fully saturated rings. The normalized spacial score (nSPS) is 11.2. The molecule has 1 aromatic carbocycles. The molecule has 26 heavy (non-hydrogen) atoms. The number of ether oxygens (including phenoxy) is 3. The van der Waals surface area contributed by atoms with E-state index in [9.17, 15) is 9.59 Å². The monoisotopic (exact) mass is 389 g/mol. The van der Waals surface area contributed by atoms with Crippen LogP contribution in [0.1, 0.15) is 19.4 Å². The average Bonchev–Trinajstić information content (AvgIpc) is 2.62. The van der Waals surface area contributed by atoms with Gasteiger partial charge in [0.1, 0.15) is 5.75 Å². The Hall–Kier alpha value is -2.19. The third-order valence-electron chi connectivity index (χ3n) is 3.71. The van der Waals surface area contributed by atoms with E-state index >= 15 is 0 Å². The Kier molecular flexibility index (Phi) is 10.5. The maximum Gasteiger partial charge on any atom is 0.239 e. The summed E-state index contributed by atoms with van der Waals surface area (Å²) in [6.07, 6.45) is 0. The minimum atomic E-state index is -0.640. The number of hydrogen-bond donors (Lipinski definition) is 3. The van der Waals surface area contributed by atoms with Gasteiger partial charge in [0.2, 0.25) is 11.8 Å². The van der Waals surface area contributed by atoms with E-state index < -0.39 is 6.04 Å². The van der Waals surface area contributed by atoms with Gasteiger partial charge in [-0.25, -0.2) is 0 Å². The van der Waals surface area contributed by atoms with Crippen LogP contribution < -0.4 is 30.6 Å². The van der Waals surface area contributed by atoms with Crippen molar-refractivity contribution in [2.75, 3.05) is 27.9 Å². The van der Waals surface area contributed by atoms with Crippen LogP contribution in [0.3, 0.4) is 0 Å². The smallest absolute Gasteiger partial charge is 0.239 e. The molecular formula is C17H28ClN3O5. The van der Waals surface area contributed by atoms with E-state index in [4.69, 9.17) is 19.9 Å². The van der Waals surface area contributed by atoms with Crippen LogP contribution >= 0.6 is 12.4 Å². The number of rotatable bonds is 9. The maximum atomic E-state index is 11.9. The van der Waals surface area contributed by atoms with Gasteiger partial charge >= 0.3 is 0 Å². The fourth-order valence-electron chi connectivity index (χ4n) is 2.07. The molecule has 4 N–H and O–H groups in total. The van der Waals surface area contributed by atoms with E-state index in [0.29, 0.717) is 17.2 Å². The molecule has 0 unspecified atom stereocenters. The Morgan fingerprint density at radius 1 is 1.00 bits per heavy atom. The molecule has 0 aliphatic heterocycles. The third kappa shape index (κ3) is 6.61. The fourth-order valence-corrected chi connectivity index (χ4v) is 2.07. The summed E-state index contributed by atoms with van der Waals surface area (Å²) in [6, 6.07) is 2.77. The summed E-state index contributed by atoms with van der Waals surface area (Å²) < 4.78 is 15.8. The molecule has 0 heterocycles. The lowest BCUT2D eigenvalue weighted by molar-refractivity contribution is -0.127. The number of amides is 2. The van der Waals surface area contributed by atoms with Crippen molar-refractivity contribution in [3.05, 3.63) is 17.7 Å². The summed E-state index contributed by atoms with van der Waals surface area (Å²) in [5.41, 5.74) is 6.44. The zero-order valence-corrected chi connectivity index (χ0v) is 16.6. The molecule has 2 amide bonds. The number of nitrogens with one attached hydrogen (secondary N) is 2. The molecule has 1 atom stereocenters. The fraction of sp³-hybridized carbons (Fsp3) is 0.529. The van der Waals surface area contributed by atoms with Crippen molar-refractivity contribution in [2.24, 2.45) is 11.7 Å². The molecule has 0 saturated carbocycles. The van der Waals surface area contributed by atoms with Crippen molar-refractivity contribution in [2.45, 2.75) is 26.4 Å². The topological polar surface area (TPSA) is 112 Å². The molecule has 148 valence electrons. The SMILES string of the molecule is COc1cc(OC)c(OC)cc1CNC(=O)CNC(=O)[C@@H](N)C(C)C.Cl.